The molecule has 1 fully saturated rings. The molecule has 0 bridgehead atoms. The molecule has 4 rings (SSSR count). The molecule has 1 aliphatic rings. The van der Waals surface area contributed by atoms with Gasteiger partial charge in [0.1, 0.15) is 11.6 Å². The third-order valence-electron chi connectivity index (χ3n) is 5.92. The van der Waals surface area contributed by atoms with Crippen LogP contribution < -0.4 is 0 Å². The second-order valence-electron chi connectivity index (χ2n) is 8.53. The van der Waals surface area contributed by atoms with Crippen molar-refractivity contribution in [2.75, 3.05) is 13.2 Å². The Morgan fingerprint density at radius 3 is 2.05 bits per heavy atom. The van der Waals surface area contributed by atoms with Crippen LogP contribution in [0.25, 0.3) is 5.76 Å². The molecule has 10 heteroatoms. The summed E-state index contributed by atoms with van der Waals surface area (Å²) in [5, 5.41) is 0. The van der Waals surface area contributed by atoms with Crippen molar-refractivity contribution in [1.82, 2.24) is 4.90 Å². The predicted octanol–water partition coefficient (Wildman–Crippen LogP) is 7.45. The van der Waals surface area contributed by atoms with Gasteiger partial charge in [-0.25, -0.2) is 4.39 Å². The zero-order valence-electron chi connectivity index (χ0n) is 19.3. The summed E-state index contributed by atoms with van der Waals surface area (Å²) in [7, 11) is 0. The van der Waals surface area contributed by atoms with Gasteiger partial charge >= 0.3 is 12.4 Å². The molecule has 37 heavy (non-hydrogen) atoms. The highest BCUT2D eigenvalue weighted by atomic mass is 19.4. The lowest BCUT2D eigenvalue weighted by Crippen LogP contribution is -2.45. The van der Waals surface area contributed by atoms with Crippen molar-refractivity contribution in [3.05, 3.63) is 113 Å². The van der Waals surface area contributed by atoms with Crippen LogP contribution in [-0.4, -0.2) is 24.3 Å². The molecule has 0 amide bonds. The Morgan fingerprint density at radius 1 is 0.892 bits per heavy atom. The van der Waals surface area contributed by atoms with Gasteiger partial charge in [-0.15, -0.1) is 0 Å². The largest absolute Gasteiger partial charge is 0.463 e. The lowest BCUT2D eigenvalue weighted by molar-refractivity contribution is -0.181. The predicted molar refractivity (Wildman–Crippen MR) is 122 cm³/mol. The fraction of sp³-hybridized carbons (Fsp3) is 0.259. The molecule has 0 unspecified atom stereocenters. The number of alkyl halides is 6. The SMILES string of the molecule is C=C(O[C@H]1OCCN(Cc2ccccc2)[C@@H]1c1ccc(F)cc1)c1cc(C(F)(F)F)cc(C(F)(F)F)c1. The zero-order chi connectivity index (χ0) is 26.8. The van der Waals surface area contributed by atoms with Crippen LogP contribution in [-0.2, 0) is 28.4 Å². The minimum Gasteiger partial charge on any atom is -0.463 e. The van der Waals surface area contributed by atoms with E-state index in [9.17, 15) is 30.7 Å². The van der Waals surface area contributed by atoms with E-state index in [2.05, 4.69) is 6.58 Å². The third-order valence-corrected chi connectivity index (χ3v) is 5.92. The van der Waals surface area contributed by atoms with Crippen molar-refractivity contribution < 1.29 is 40.2 Å². The first-order valence-electron chi connectivity index (χ1n) is 11.2. The first-order valence-corrected chi connectivity index (χ1v) is 11.2. The third kappa shape index (κ3) is 6.50. The first kappa shape index (κ1) is 26.7. The van der Waals surface area contributed by atoms with Crippen LogP contribution in [0, 0.1) is 5.82 Å². The van der Waals surface area contributed by atoms with Crippen molar-refractivity contribution in [2.24, 2.45) is 0 Å². The summed E-state index contributed by atoms with van der Waals surface area (Å²) in [6.07, 6.45) is -11.2. The molecule has 0 aliphatic carbocycles. The highest BCUT2D eigenvalue weighted by Gasteiger charge is 2.39. The molecule has 0 N–H and O–H groups in total. The maximum atomic E-state index is 13.6. The Bertz CT molecular complexity index is 1190. The van der Waals surface area contributed by atoms with Crippen LogP contribution in [0.15, 0.2) is 79.4 Å². The Hall–Kier alpha value is -3.37. The number of halogens is 7. The van der Waals surface area contributed by atoms with Crippen LogP contribution >= 0.6 is 0 Å². The normalized spacial score (nSPS) is 19.0. The molecule has 0 saturated carbocycles. The van der Waals surface area contributed by atoms with Gasteiger partial charge in [-0.3, -0.25) is 4.90 Å². The quantitative estimate of drug-likeness (QED) is 0.247. The molecule has 1 heterocycles. The van der Waals surface area contributed by atoms with Gasteiger partial charge in [0.15, 0.2) is 0 Å². The average Bonchev–Trinajstić information content (AvgIpc) is 2.84. The second kappa shape index (κ2) is 10.5. The summed E-state index contributed by atoms with van der Waals surface area (Å²) in [6, 6.07) is 15.4. The smallest absolute Gasteiger partial charge is 0.416 e. The number of benzene rings is 3. The van der Waals surface area contributed by atoms with Gasteiger partial charge in [-0.05, 0) is 41.5 Å². The fourth-order valence-corrected chi connectivity index (χ4v) is 4.13. The van der Waals surface area contributed by atoms with Crippen LogP contribution in [0.5, 0.6) is 0 Å². The number of hydrogen-bond acceptors (Lipinski definition) is 3. The minimum absolute atomic E-state index is 0.0385. The van der Waals surface area contributed by atoms with E-state index < -0.39 is 53.0 Å². The van der Waals surface area contributed by atoms with Gasteiger partial charge in [-0.1, -0.05) is 49.0 Å². The molecule has 1 saturated heterocycles. The van der Waals surface area contributed by atoms with Gasteiger partial charge in [0.2, 0.25) is 6.29 Å². The molecule has 0 radical (unpaired) electrons. The summed E-state index contributed by atoms with van der Waals surface area (Å²) in [6.45, 7) is 4.67. The summed E-state index contributed by atoms with van der Waals surface area (Å²) in [5.41, 5.74) is -1.89. The topological polar surface area (TPSA) is 21.7 Å². The summed E-state index contributed by atoms with van der Waals surface area (Å²) in [4.78, 5) is 1.98. The number of rotatable bonds is 6. The maximum Gasteiger partial charge on any atom is 0.416 e. The molecule has 1 aliphatic heterocycles. The van der Waals surface area contributed by atoms with E-state index >= 15 is 0 Å². The van der Waals surface area contributed by atoms with Crippen molar-refractivity contribution in [3.63, 3.8) is 0 Å². The van der Waals surface area contributed by atoms with E-state index in [1.54, 1.807) is 0 Å². The molecule has 3 aromatic rings. The van der Waals surface area contributed by atoms with E-state index in [0.29, 0.717) is 30.8 Å². The van der Waals surface area contributed by atoms with Gasteiger partial charge < -0.3 is 9.47 Å². The number of morpholine rings is 1. The van der Waals surface area contributed by atoms with E-state index in [-0.39, 0.29) is 12.7 Å². The average molecular weight is 525 g/mol. The highest BCUT2D eigenvalue weighted by Crippen LogP contribution is 2.39. The van der Waals surface area contributed by atoms with Crippen molar-refractivity contribution in [2.45, 2.75) is 31.2 Å². The highest BCUT2D eigenvalue weighted by molar-refractivity contribution is 5.60. The molecule has 0 spiro atoms. The summed E-state index contributed by atoms with van der Waals surface area (Å²) >= 11 is 0. The first-order chi connectivity index (χ1) is 17.4. The second-order valence-corrected chi connectivity index (χ2v) is 8.53. The van der Waals surface area contributed by atoms with Crippen LogP contribution in [0.1, 0.15) is 33.9 Å². The van der Waals surface area contributed by atoms with E-state index in [0.717, 1.165) is 5.56 Å². The van der Waals surface area contributed by atoms with Crippen molar-refractivity contribution >= 4 is 5.76 Å². The van der Waals surface area contributed by atoms with Gasteiger partial charge in [0.05, 0.1) is 23.8 Å². The maximum absolute atomic E-state index is 13.6. The Balaban J connectivity index is 1.67. The Kier molecular flexibility index (Phi) is 7.61. The zero-order valence-corrected chi connectivity index (χ0v) is 19.3. The molecule has 3 aromatic carbocycles. The molecule has 0 aromatic heterocycles. The Morgan fingerprint density at radius 2 is 1.49 bits per heavy atom. The lowest BCUT2D eigenvalue weighted by Gasteiger charge is -2.41. The summed E-state index contributed by atoms with van der Waals surface area (Å²) in [5.74, 6) is -0.893. The monoisotopic (exact) mass is 525 g/mol. The number of hydrogen-bond donors (Lipinski definition) is 0. The minimum atomic E-state index is -5.01. The molecule has 2 atom stereocenters. The molecule has 3 nitrogen and oxygen atoms in total. The van der Waals surface area contributed by atoms with Crippen molar-refractivity contribution in [3.8, 4) is 0 Å². The van der Waals surface area contributed by atoms with E-state index in [4.69, 9.17) is 9.47 Å². The molecular formula is C27H22F7NO2. The fourth-order valence-electron chi connectivity index (χ4n) is 4.13. The van der Waals surface area contributed by atoms with E-state index in [1.165, 1.54) is 24.3 Å². The Labute approximate surface area is 208 Å². The molecule has 196 valence electrons. The van der Waals surface area contributed by atoms with Gasteiger partial charge in [0.25, 0.3) is 0 Å². The molecular weight excluding hydrogens is 503 g/mol. The summed E-state index contributed by atoms with van der Waals surface area (Å²) < 4.78 is 105. The van der Waals surface area contributed by atoms with Crippen LogP contribution in [0.4, 0.5) is 30.7 Å². The van der Waals surface area contributed by atoms with Crippen LogP contribution in [0.2, 0.25) is 0 Å². The van der Waals surface area contributed by atoms with E-state index in [1.807, 2.05) is 35.2 Å². The number of nitrogens with zero attached hydrogens (tertiary/aromatic N) is 1. The van der Waals surface area contributed by atoms with Gasteiger partial charge in [0, 0.05) is 18.7 Å². The van der Waals surface area contributed by atoms with Gasteiger partial charge in [-0.2, -0.15) is 26.3 Å². The lowest BCUT2D eigenvalue weighted by atomic mass is 10.0. The number of ether oxygens (including phenoxy) is 2. The van der Waals surface area contributed by atoms with Crippen LogP contribution in [0.3, 0.4) is 0 Å². The van der Waals surface area contributed by atoms with Crippen molar-refractivity contribution in [1.29, 1.82) is 0 Å². The standard InChI is InChI=1S/C27H22F7NO2/c1-17(20-13-21(26(29,30)31)15-22(14-20)27(32,33)34)37-25-24(19-7-9-23(28)10-8-19)35(11-12-36-25)16-18-5-3-2-4-6-18/h2-10,13-15,24-25H,1,11-12,16H2/t24-,25-/m1/s1.